The highest BCUT2D eigenvalue weighted by molar-refractivity contribution is 7.98. The summed E-state index contributed by atoms with van der Waals surface area (Å²) >= 11 is 2.86. The number of hydrogen-bond donors (Lipinski definition) is 2. The largest absolute Gasteiger partial charge is 0.411 e. The van der Waals surface area contributed by atoms with E-state index in [0.29, 0.717) is 28.3 Å². The van der Waals surface area contributed by atoms with Gasteiger partial charge in [0, 0.05) is 49.3 Å². The van der Waals surface area contributed by atoms with Gasteiger partial charge in [-0.3, -0.25) is 0 Å². The molecule has 0 atom stereocenters. The minimum absolute atomic E-state index is 0.413. The normalized spacial score (nSPS) is 13.3. The van der Waals surface area contributed by atoms with E-state index in [9.17, 15) is 0 Å². The van der Waals surface area contributed by atoms with E-state index in [0.717, 1.165) is 55.4 Å². The number of aromatic nitrogens is 6. The first kappa shape index (κ1) is 28.6. The fraction of sp³-hybridized carbons (Fsp3) is 0.286. The van der Waals surface area contributed by atoms with Gasteiger partial charge in [-0.05, 0) is 55.2 Å². The van der Waals surface area contributed by atoms with Crippen molar-refractivity contribution in [2.45, 2.75) is 35.9 Å². The summed E-state index contributed by atoms with van der Waals surface area (Å²) in [5.41, 5.74) is 2.93. The summed E-state index contributed by atoms with van der Waals surface area (Å²) in [6, 6.07) is 18.1. The summed E-state index contributed by atoms with van der Waals surface area (Å²) in [5.74, 6) is 2.63. The van der Waals surface area contributed by atoms with Crippen molar-refractivity contribution in [2.24, 2.45) is 0 Å². The average molecular weight is 591 g/mol. The second kappa shape index (κ2) is 14.6. The molecule has 0 amide bonds. The molecular weight excluding hydrogens is 560 g/mol. The monoisotopic (exact) mass is 590 g/mol. The number of anilines is 2. The van der Waals surface area contributed by atoms with Gasteiger partial charge in [0.1, 0.15) is 11.6 Å². The van der Waals surface area contributed by atoms with Gasteiger partial charge < -0.3 is 24.2 Å². The maximum Gasteiger partial charge on any atom is 0.276 e. The van der Waals surface area contributed by atoms with Gasteiger partial charge in [-0.25, -0.2) is 9.97 Å². The zero-order valence-corrected chi connectivity index (χ0v) is 24.3. The molecule has 41 heavy (non-hydrogen) atoms. The van der Waals surface area contributed by atoms with Crippen LogP contribution in [0.25, 0.3) is 22.9 Å². The van der Waals surface area contributed by atoms with Crippen LogP contribution in [0.15, 0.2) is 86.3 Å². The Balaban J connectivity index is 0.000000165. The molecule has 6 rings (SSSR count). The molecule has 0 saturated carbocycles. The minimum Gasteiger partial charge on any atom is -0.411 e. The van der Waals surface area contributed by atoms with Crippen molar-refractivity contribution in [2.75, 3.05) is 36.4 Å². The van der Waals surface area contributed by atoms with E-state index in [1.165, 1.54) is 29.1 Å². The Hall–Kier alpha value is -3.94. The van der Waals surface area contributed by atoms with Crippen LogP contribution in [0.2, 0.25) is 0 Å². The molecule has 1 saturated heterocycles. The molecule has 5 heterocycles. The molecule has 0 radical (unpaired) electrons. The third kappa shape index (κ3) is 8.28. The number of benzene rings is 1. The SMILES string of the molecule is CSc1nnc(-c2ccnc(NC3CCOCC3)c2)o1.CSc1nnc(-c2ccnc(NCc3ccccc3)c2)o1. The van der Waals surface area contributed by atoms with Crippen LogP contribution < -0.4 is 10.6 Å². The highest BCUT2D eigenvalue weighted by Gasteiger charge is 2.15. The molecule has 1 aliphatic rings. The summed E-state index contributed by atoms with van der Waals surface area (Å²) in [6.07, 6.45) is 9.29. The van der Waals surface area contributed by atoms with E-state index in [1.54, 1.807) is 12.4 Å². The van der Waals surface area contributed by atoms with E-state index < -0.39 is 0 Å². The van der Waals surface area contributed by atoms with Gasteiger partial charge >= 0.3 is 0 Å². The number of ether oxygens (including phenoxy) is 1. The van der Waals surface area contributed by atoms with Gasteiger partial charge in [-0.15, -0.1) is 20.4 Å². The van der Waals surface area contributed by atoms with Crippen molar-refractivity contribution in [1.29, 1.82) is 0 Å². The van der Waals surface area contributed by atoms with Crippen molar-refractivity contribution in [3.63, 3.8) is 0 Å². The van der Waals surface area contributed by atoms with Gasteiger partial charge in [-0.2, -0.15) is 0 Å². The van der Waals surface area contributed by atoms with Crippen molar-refractivity contribution < 1.29 is 13.6 Å². The highest BCUT2D eigenvalue weighted by Crippen LogP contribution is 2.25. The second-order valence-electron chi connectivity index (χ2n) is 8.88. The topological polar surface area (TPSA) is 137 Å². The quantitative estimate of drug-likeness (QED) is 0.197. The Morgan fingerprint density at radius 1 is 0.756 bits per heavy atom. The maximum absolute atomic E-state index is 5.53. The van der Waals surface area contributed by atoms with Gasteiger partial charge in [-0.1, -0.05) is 53.9 Å². The lowest BCUT2D eigenvalue weighted by Crippen LogP contribution is -2.28. The highest BCUT2D eigenvalue weighted by atomic mass is 32.2. The Bertz CT molecular complexity index is 1510. The van der Waals surface area contributed by atoms with Crippen molar-refractivity contribution in [3.8, 4) is 22.9 Å². The Kier molecular flexibility index (Phi) is 10.2. The Morgan fingerprint density at radius 3 is 1.93 bits per heavy atom. The lowest BCUT2D eigenvalue weighted by atomic mass is 10.1. The third-order valence-electron chi connectivity index (χ3n) is 6.07. The predicted octanol–water partition coefficient (Wildman–Crippen LogP) is 5.91. The van der Waals surface area contributed by atoms with E-state index in [2.05, 4.69) is 53.1 Å². The zero-order chi connectivity index (χ0) is 28.3. The minimum atomic E-state index is 0.413. The molecule has 11 nitrogen and oxygen atoms in total. The Labute approximate surface area is 246 Å². The molecule has 0 unspecified atom stereocenters. The fourth-order valence-corrected chi connectivity index (χ4v) is 4.53. The van der Waals surface area contributed by atoms with Crippen molar-refractivity contribution >= 4 is 35.2 Å². The van der Waals surface area contributed by atoms with Gasteiger partial charge in [0.05, 0.1) is 0 Å². The molecule has 0 bridgehead atoms. The van der Waals surface area contributed by atoms with Crippen molar-refractivity contribution in [1.82, 2.24) is 30.4 Å². The van der Waals surface area contributed by atoms with E-state index in [4.69, 9.17) is 13.6 Å². The molecule has 4 aromatic heterocycles. The molecule has 5 aromatic rings. The first-order chi connectivity index (χ1) is 20.2. The summed E-state index contributed by atoms with van der Waals surface area (Å²) in [6.45, 7) is 2.33. The lowest BCUT2D eigenvalue weighted by molar-refractivity contribution is 0.0904. The van der Waals surface area contributed by atoms with Crippen LogP contribution in [0.5, 0.6) is 0 Å². The van der Waals surface area contributed by atoms with Crippen LogP contribution in [-0.2, 0) is 11.3 Å². The average Bonchev–Trinajstić information content (AvgIpc) is 3.72. The third-order valence-corrected chi connectivity index (χ3v) is 7.09. The fourth-order valence-electron chi connectivity index (χ4n) is 3.96. The summed E-state index contributed by atoms with van der Waals surface area (Å²) in [4.78, 5) is 8.64. The number of thioether (sulfide) groups is 2. The van der Waals surface area contributed by atoms with Crippen LogP contribution in [0, 0.1) is 0 Å². The van der Waals surface area contributed by atoms with E-state index >= 15 is 0 Å². The van der Waals surface area contributed by atoms with Gasteiger partial charge in [0.15, 0.2) is 0 Å². The second-order valence-corrected chi connectivity index (χ2v) is 10.4. The van der Waals surface area contributed by atoms with Crippen LogP contribution in [-0.4, -0.2) is 62.1 Å². The smallest absolute Gasteiger partial charge is 0.276 e. The van der Waals surface area contributed by atoms with E-state index in [-0.39, 0.29) is 0 Å². The van der Waals surface area contributed by atoms with Crippen molar-refractivity contribution in [3.05, 3.63) is 72.6 Å². The van der Waals surface area contributed by atoms with Crippen LogP contribution in [0.4, 0.5) is 11.6 Å². The van der Waals surface area contributed by atoms with Crippen LogP contribution >= 0.6 is 23.5 Å². The van der Waals surface area contributed by atoms with E-state index in [1.807, 2.05) is 55.0 Å². The molecule has 13 heteroatoms. The predicted molar refractivity (Wildman–Crippen MR) is 160 cm³/mol. The van der Waals surface area contributed by atoms with Crippen LogP contribution in [0.1, 0.15) is 18.4 Å². The lowest BCUT2D eigenvalue weighted by Gasteiger charge is -2.23. The first-order valence-electron chi connectivity index (χ1n) is 13.0. The standard InChI is InChI=1S/C15H14N4OS.C13H16N4O2S/c1-21-15-19-18-14(20-15)12-7-8-16-13(9-12)17-10-11-5-3-2-4-6-11;1-20-13-17-16-12(19-13)9-2-5-14-11(8-9)15-10-3-6-18-7-4-10/h2-9H,10H2,1H3,(H,16,17);2,5,8,10H,3-4,6-7H2,1H3,(H,14,15). The molecule has 1 fully saturated rings. The molecule has 2 N–H and O–H groups in total. The summed E-state index contributed by atoms with van der Waals surface area (Å²) in [7, 11) is 0. The number of pyridine rings is 2. The maximum atomic E-state index is 5.53. The summed E-state index contributed by atoms with van der Waals surface area (Å²) in [5, 5.41) is 23.8. The Morgan fingerprint density at radius 2 is 1.34 bits per heavy atom. The number of rotatable bonds is 9. The number of hydrogen-bond acceptors (Lipinski definition) is 13. The zero-order valence-electron chi connectivity index (χ0n) is 22.7. The molecule has 0 spiro atoms. The molecule has 1 aromatic carbocycles. The number of nitrogens with one attached hydrogen (secondary N) is 2. The van der Waals surface area contributed by atoms with Gasteiger partial charge in [0.25, 0.3) is 10.4 Å². The summed E-state index contributed by atoms with van der Waals surface area (Å²) < 4.78 is 16.4. The first-order valence-corrected chi connectivity index (χ1v) is 15.4. The van der Waals surface area contributed by atoms with Crippen LogP contribution in [0.3, 0.4) is 0 Å². The molecule has 1 aliphatic heterocycles. The molecule has 212 valence electrons. The molecular formula is C28H30N8O3S2. The van der Waals surface area contributed by atoms with Gasteiger partial charge in [0.2, 0.25) is 11.8 Å². The number of nitrogens with zero attached hydrogens (tertiary/aromatic N) is 6. The molecule has 0 aliphatic carbocycles.